The predicted octanol–water partition coefficient (Wildman–Crippen LogP) is 1.90. The molecule has 0 unspecified atom stereocenters. The molecule has 0 aliphatic rings. The third-order valence-electron chi connectivity index (χ3n) is 3.30. The quantitative estimate of drug-likeness (QED) is 0.506. The van der Waals surface area contributed by atoms with Crippen LogP contribution in [0.1, 0.15) is 40.5 Å². The largest absolute Gasteiger partial charge is 0.469 e. The normalized spacial score (nSPS) is 12.2. The average molecular weight is 258 g/mol. The lowest BCUT2D eigenvalue weighted by Crippen LogP contribution is -2.37. The number of rotatable bonds is 9. The molecule has 0 saturated heterocycles. The fourth-order valence-corrected chi connectivity index (χ4v) is 1.62. The van der Waals surface area contributed by atoms with Gasteiger partial charge >= 0.3 is 5.97 Å². The van der Waals surface area contributed by atoms with Crippen LogP contribution in [0.25, 0.3) is 0 Å². The number of hydrogen-bond donors (Lipinski definition) is 1. The highest BCUT2D eigenvalue weighted by molar-refractivity contribution is 5.76. The van der Waals surface area contributed by atoms with E-state index in [-0.39, 0.29) is 5.97 Å². The maximum Gasteiger partial charge on any atom is 0.312 e. The topological polar surface area (TPSA) is 41.6 Å². The molecule has 18 heavy (non-hydrogen) atoms. The minimum Gasteiger partial charge on any atom is -0.469 e. The molecule has 0 aromatic rings. The number of methoxy groups -OCH3 is 1. The van der Waals surface area contributed by atoms with Gasteiger partial charge in [-0.3, -0.25) is 4.79 Å². The van der Waals surface area contributed by atoms with E-state index < -0.39 is 5.41 Å². The van der Waals surface area contributed by atoms with Crippen LogP contribution in [0.2, 0.25) is 0 Å². The van der Waals surface area contributed by atoms with Crippen LogP contribution >= 0.6 is 0 Å². The van der Waals surface area contributed by atoms with Crippen LogP contribution in [0.15, 0.2) is 0 Å². The summed E-state index contributed by atoms with van der Waals surface area (Å²) < 4.78 is 4.77. The Balaban J connectivity index is 3.60. The van der Waals surface area contributed by atoms with Gasteiger partial charge in [0.25, 0.3) is 0 Å². The third-order valence-corrected chi connectivity index (χ3v) is 3.30. The fourth-order valence-electron chi connectivity index (χ4n) is 1.62. The molecule has 4 nitrogen and oxygen atoms in total. The van der Waals surface area contributed by atoms with E-state index >= 15 is 0 Å². The molecule has 0 rings (SSSR count). The van der Waals surface area contributed by atoms with Gasteiger partial charge < -0.3 is 15.0 Å². The Morgan fingerprint density at radius 1 is 1.33 bits per heavy atom. The number of hydrogen-bond acceptors (Lipinski definition) is 4. The van der Waals surface area contributed by atoms with Gasteiger partial charge in [-0.1, -0.05) is 0 Å². The van der Waals surface area contributed by atoms with Gasteiger partial charge in [0.15, 0.2) is 0 Å². The maximum absolute atomic E-state index is 11.4. The molecule has 0 heterocycles. The van der Waals surface area contributed by atoms with Crippen molar-refractivity contribution in [3.63, 3.8) is 0 Å². The summed E-state index contributed by atoms with van der Waals surface area (Å²) in [6.45, 7) is 11.0. The molecule has 0 aliphatic carbocycles. The van der Waals surface area contributed by atoms with Gasteiger partial charge in [-0.15, -0.1) is 0 Å². The van der Waals surface area contributed by atoms with Crippen LogP contribution in [0.3, 0.4) is 0 Å². The summed E-state index contributed by atoms with van der Waals surface area (Å²) in [6, 6.07) is 0.608. The molecular weight excluding hydrogens is 228 g/mol. The van der Waals surface area contributed by atoms with E-state index in [4.69, 9.17) is 4.74 Å². The zero-order chi connectivity index (χ0) is 14.2. The second-order valence-electron chi connectivity index (χ2n) is 5.83. The van der Waals surface area contributed by atoms with E-state index in [0.717, 1.165) is 19.5 Å². The number of carbonyl (C=O) groups is 1. The first-order valence-corrected chi connectivity index (χ1v) is 6.80. The fraction of sp³-hybridized carbons (Fsp3) is 0.929. The molecule has 0 radical (unpaired) electrons. The molecule has 0 aromatic heterocycles. The molecule has 0 aliphatic heterocycles. The molecule has 0 fully saturated rings. The number of carbonyl (C=O) groups excluding carboxylic acids is 1. The second kappa shape index (κ2) is 8.48. The van der Waals surface area contributed by atoms with Crippen molar-refractivity contribution in [1.29, 1.82) is 0 Å². The summed E-state index contributed by atoms with van der Waals surface area (Å²) in [5.74, 6) is -0.158. The van der Waals surface area contributed by atoms with Gasteiger partial charge in [-0.25, -0.2) is 0 Å². The van der Waals surface area contributed by atoms with Crippen molar-refractivity contribution in [2.45, 2.75) is 46.6 Å². The van der Waals surface area contributed by atoms with Crippen LogP contribution in [0.4, 0.5) is 0 Å². The molecule has 0 saturated carbocycles. The van der Waals surface area contributed by atoms with E-state index in [1.165, 1.54) is 13.5 Å². The van der Waals surface area contributed by atoms with Crippen LogP contribution in [-0.2, 0) is 9.53 Å². The van der Waals surface area contributed by atoms with Crippen molar-refractivity contribution < 1.29 is 9.53 Å². The molecule has 0 aromatic carbocycles. The van der Waals surface area contributed by atoms with Crippen LogP contribution in [0, 0.1) is 5.41 Å². The highest BCUT2D eigenvalue weighted by Gasteiger charge is 2.27. The first-order valence-electron chi connectivity index (χ1n) is 6.80. The van der Waals surface area contributed by atoms with Crippen molar-refractivity contribution in [1.82, 2.24) is 10.2 Å². The molecule has 0 atom stereocenters. The van der Waals surface area contributed by atoms with Crippen molar-refractivity contribution in [2.75, 3.05) is 33.8 Å². The number of unbranched alkanes of at least 4 members (excludes halogenated alkanes) is 1. The molecule has 0 bridgehead atoms. The maximum atomic E-state index is 11.4. The highest BCUT2D eigenvalue weighted by Crippen LogP contribution is 2.15. The van der Waals surface area contributed by atoms with E-state index in [9.17, 15) is 4.79 Å². The van der Waals surface area contributed by atoms with Gasteiger partial charge in [0.1, 0.15) is 0 Å². The highest BCUT2D eigenvalue weighted by atomic mass is 16.5. The van der Waals surface area contributed by atoms with Crippen molar-refractivity contribution >= 4 is 5.97 Å². The first kappa shape index (κ1) is 17.4. The lowest BCUT2D eigenvalue weighted by Gasteiger charge is -2.22. The minimum absolute atomic E-state index is 0.158. The average Bonchev–Trinajstić information content (AvgIpc) is 2.31. The second-order valence-corrected chi connectivity index (χ2v) is 5.83. The summed E-state index contributed by atoms with van der Waals surface area (Å²) >= 11 is 0. The SMILES string of the molecule is COC(=O)C(C)(C)CNCCCCN(C)C(C)C. The van der Waals surface area contributed by atoms with Gasteiger partial charge in [0.05, 0.1) is 12.5 Å². The molecular formula is C14H30N2O2. The van der Waals surface area contributed by atoms with Crippen molar-refractivity contribution in [3.05, 3.63) is 0 Å². The predicted molar refractivity (Wildman–Crippen MR) is 75.7 cm³/mol. The summed E-state index contributed by atoms with van der Waals surface area (Å²) in [5.41, 5.74) is -0.441. The Kier molecular flexibility index (Phi) is 8.20. The van der Waals surface area contributed by atoms with E-state index in [1.807, 2.05) is 13.8 Å². The van der Waals surface area contributed by atoms with Gasteiger partial charge in [0, 0.05) is 12.6 Å². The van der Waals surface area contributed by atoms with Crippen molar-refractivity contribution in [3.8, 4) is 0 Å². The molecule has 108 valence electrons. The Morgan fingerprint density at radius 3 is 2.44 bits per heavy atom. The molecule has 0 amide bonds. The Morgan fingerprint density at radius 2 is 1.94 bits per heavy atom. The zero-order valence-corrected chi connectivity index (χ0v) is 12.9. The standard InChI is InChI=1S/C14H30N2O2/c1-12(2)16(5)10-8-7-9-15-11-14(3,4)13(17)18-6/h12,15H,7-11H2,1-6H3. The third kappa shape index (κ3) is 6.97. The molecule has 1 N–H and O–H groups in total. The lowest BCUT2D eigenvalue weighted by atomic mass is 9.94. The summed E-state index contributed by atoms with van der Waals surface area (Å²) in [4.78, 5) is 13.8. The summed E-state index contributed by atoms with van der Waals surface area (Å²) in [7, 11) is 3.59. The number of nitrogens with zero attached hydrogens (tertiary/aromatic N) is 1. The van der Waals surface area contributed by atoms with Crippen LogP contribution in [-0.4, -0.2) is 50.7 Å². The van der Waals surface area contributed by atoms with E-state index in [2.05, 4.69) is 31.1 Å². The monoisotopic (exact) mass is 258 g/mol. The molecule has 0 spiro atoms. The Labute approximate surface area is 112 Å². The van der Waals surface area contributed by atoms with Gasteiger partial charge in [-0.05, 0) is 60.7 Å². The van der Waals surface area contributed by atoms with E-state index in [0.29, 0.717) is 12.6 Å². The van der Waals surface area contributed by atoms with E-state index in [1.54, 1.807) is 0 Å². The number of esters is 1. The minimum atomic E-state index is -0.441. The number of ether oxygens (including phenoxy) is 1. The smallest absolute Gasteiger partial charge is 0.312 e. The Hall–Kier alpha value is -0.610. The first-order chi connectivity index (χ1) is 8.31. The molecule has 4 heteroatoms. The summed E-state index contributed by atoms with van der Waals surface area (Å²) in [5, 5.41) is 3.32. The zero-order valence-electron chi connectivity index (χ0n) is 12.9. The Bertz CT molecular complexity index is 240. The van der Waals surface area contributed by atoms with Crippen LogP contribution < -0.4 is 5.32 Å². The van der Waals surface area contributed by atoms with Gasteiger partial charge in [-0.2, -0.15) is 0 Å². The number of nitrogens with one attached hydrogen (secondary N) is 1. The van der Waals surface area contributed by atoms with Gasteiger partial charge in [0.2, 0.25) is 0 Å². The van der Waals surface area contributed by atoms with Crippen LogP contribution in [0.5, 0.6) is 0 Å². The lowest BCUT2D eigenvalue weighted by molar-refractivity contribution is -0.150. The van der Waals surface area contributed by atoms with Crippen molar-refractivity contribution in [2.24, 2.45) is 5.41 Å². The summed E-state index contributed by atoms with van der Waals surface area (Å²) in [6.07, 6.45) is 2.31.